The van der Waals surface area contributed by atoms with Crippen LogP contribution in [0, 0.1) is 0 Å². The van der Waals surface area contributed by atoms with E-state index in [-0.39, 0.29) is 6.10 Å². The van der Waals surface area contributed by atoms with Crippen molar-refractivity contribution in [2.24, 2.45) is 0 Å². The maximum absolute atomic E-state index is 5.64. The molecule has 1 aliphatic heterocycles. The zero-order chi connectivity index (χ0) is 9.26. The van der Waals surface area contributed by atoms with Crippen molar-refractivity contribution in [1.82, 2.24) is 0 Å². The van der Waals surface area contributed by atoms with Crippen LogP contribution in [0.25, 0.3) is 0 Å². The Hall–Kier alpha value is 0.100. The first-order valence-electron chi connectivity index (χ1n) is 4.23. The molecule has 0 aromatic carbocycles. The molecule has 0 spiro atoms. The molecule has 1 aromatic heterocycles. The van der Waals surface area contributed by atoms with E-state index in [1.807, 2.05) is 0 Å². The summed E-state index contributed by atoms with van der Waals surface area (Å²) in [5.41, 5.74) is 1.23. The summed E-state index contributed by atoms with van der Waals surface area (Å²) in [4.78, 5) is 0. The van der Waals surface area contributed by atoms with Crippen molar-refractivity contribution in [3.8, 4) is 0 Å². The van der Waals surface area contributed by atoms with Crippen LogP contribution in [0.3, 0.4) is 0 Å². The Morgan fingerprint density at radius 1 is 1.85 bits per heavy atom. The molecule has 0 saturated carbocycles. The summed E-state index contributed by atoms with van der Waals surface area (Å²) in [6.45, 7) is 3.64. The Kier molecular flexibility index (Phi) is 3.03. The van der Waals surface area contributed by atoms with Crippen molar-refractivity contribution >= 4 is 27.3 Å². The third-order valence-corrected chi connectivity index (χ3v) is 3.75. The summed E-state index contributed by atoms with van der Waals surface area (Å²) in [6.07, 6.45) is 0.504. The van der Waals surface area contributed by atoms with Gasteiger partial charge in [-0.3, -0.25) is 0 Å². The van der Waals surface area contributed by atoms with E-state index in [1.54, 1.807) is 11.3 Å². The first kappa shape index (κ1) is 9.65. The first-order chi connectivity index (χ1) is 6.27. The van der Waals surface area contributed by atoms with Gasteiger partial charge in [0, 0.05) is 5.56 Å². The van der Waals surface area contributed by atoms with Crippen LogP contribution in [0.4, 0.5) is 0 Å². The molecule has 72 valence electrons. The minimum atomic E-state index is 0.157. The summed E-state index contributed by atoms with van der Waals surface area (Å²) in [7, 11) is 0. The van der Waals surface area contributed by atoms with Crippen LogP contribution in [0.5, 0.6) is 0 Å². The van der Waals surface area contributed by atoms with Crippen molar-refractivity contribution in [3.05, 3.63) is 20.8 Å². The average Bonchev–Trinajstić information content (AvgIpc) is 2.84. The van der Waals surface area contributed by atoms with Gasteiger partial charge in [-0.05, 0) is 34.3 Å². The molecule has 1 aliphatic rings. The SMILES string of the molecule is CC(OC[C@H]1CO1)c1ccsc1Br. The standard InChI is InChI=1S/C9H11BrO2S/c1-6(11-4-7-5-12-7)8-2-3-13-9(8)10/h2-3,6-7H,4-5H2,1H3/t6?,7-/m0/s1. The molecule has 0 bridgehead atoms. The van der Waals surface area contributed by atoms with Crippen molar-refractivity contribution in [1.29, 1.82) is 0 Å². The lowest BCUT2D eigenvalue weighted by Gasteiger charge is -2.10. The number of rotatable bonds is 4. The zero-order valence-corrected chi connectivity index (χ0v) is 9.73. The van der Waals surface area contributed by atoms with Gasteiger partial charge < -0.3 is 9.47 Å². The normalized spacial score (nSPS) is 23.1. The summed E-state index contributed by atoms with van der Waals surface area (Å²) < 4.78 is 11.9. The first-order valence-corrected chi connectivity index (χ1v) is 5.90. The van der Waals surface area contributed by atoms with Gasteiger partial charge in [0.25, 0.3) is 0 Å². The highest BCUT2D eigenvalue weighted by molar-refractivity contribution is 9.11. The van der Waals surface area contributed by atoms with Crippen molar-refractivity contribution in [3.63, 3.8) is 0 Å². The van der Waals surface area contributed by atoms with Gasteiger partial charge in [0.05, 0.1) is 23.1 Å². The Bertz CT molecular complexity index is 283. The highest BCUT2D eigenvalue weighted by atomic mass is 79.9. The van der Waals surface area contributed by atoms with Crippen LogP contribution in [0.2, 0.25) is 0 Å². The molecular formula is C9H11BrO2S. The highest BCUT2D eigenvalue weighted by Crippen LogP contribution is 2.31. The Labute approximate surface area is 90.0 Å². The number of thiophene rings is 1. The molecule has 0 aliphatic carbocycles. The number of epoxide rings is 1. The van der Waals surface area contributed by atoms with Crippen molar-refractivity contribution < 1.29 is 9.47 Å². The van der Waals surface area contributed by atoms with E-state index in [2.05, 4.69) is 34.3 Å². The summed E-state index contributed by atoms with van der Waals surface area (Å²) >= 11 is 5.18. The highest BCUT2D eigenvalue weighted by Gasteiger charge is 2.24. The number of ether oxygens (including phenoxy) is 2. The van der Waals surface area contributed by atoms with Crippen LogP contribution < -0.4 is 0 Å². The lowest BCUT2D eigenvalue weighted by molar-refractivity contribution is 0.0538. The molecule has 4 heteroatoms. The van der Waals surface area contributed by atoms with Crippen LogP contribution in [-0.4, -0.2) is 19.3 Å². The van der Waals surface area contributed by atoms with Gasteiger partial charge in [0.2, 0.25) is 0 Å². The fraction of sp³-hybridized carbons (Fsp3) is 0.556. The maximum Gasteiger partial charge on any atom is 0.104 e. The number of hydrogen-bond acceptors (Lipinski definition) is 3. The summed E-state index contributed by atoms with van der Waals surface area (Å²) in [5, 5.41) is 2.06. The third kappa shape index (κ3) is 2.53. The third-order valence-electron chi connectivity index (χ3n) is 2.02. The molecule has 13 heavy (non-hydrogen) atoms. The lowest BCUT2D eigenvalue weighted by atomic mass is 10.2. The largest absolute Gasteiger partial charge is 0.371 e. The van der Waals surface area contributed by atoms with Crippen LogP contribution >= 0.6 is 27.3 Å². The van der Waals surface area contributed by atoms with Gasteiger partial charge in [0.1, 0.15) is 6.10 Å². The second-order valence-corrected chi connectivity index (χ2v) is 5.31. The maximum atomic E-state index is 5.64. The van der Waals surface area contributed by atoms with Crippen LogP contribution in [0.15, 0.2) is 15.2 Å². The fourth-order valence-corrected chi connectivity index (χ4v) is 2.58. The van der Waals surface area contributed by atoms with Gasteiger partial charge in [-0.25, -0.2) is 0 Å². The van der Waals surface area contributed by atoms with E-state index < -0.39 is 0 Å². The summed E-state index contributed by atoms with van der Waals surface area (Å²) in [6, 6.07) is 2.09. The van der Waals surface area contributed by atoms with Crippen LogP contribution in [-0.2, 0) is 9.47 Å². The molecule has 0 radical (unpaired) electrons. The Morgan fingerprint density at radius 3 is 3.15 bits per heavy atom. The molecule has 2 rings (SSSR count). The van der Waals surface area contributed by atoms with E-state index in [9.17, 15) is 0 Å². The zero-order valence-electron chi connectivity index (χ0n) is 7.33. The second-order valence-electron chi connectivity index (χ2n) is 3.08. The van der Waals surface area contributed by atoms with E-state index >= 15 is 0 Å². The monoisotopic (exact) mass is 262 g/mol. The van der Waals surface area contributed by atoms with Gasteiger partial charge in [0.15, 0.2) is 0 Å². The lowest BCUT2D eigenvalue weighted by Crippen LogP contribution is -2.05. The van der Waals surface area contributed by atoms with Gasteiger partial charge in [-0.2, -0.15) is 0 Å². The Morgan fingerprint density at radius 2 is 2.62 bits per heavy atom. The topological polar surface area (TPSA) is 21.8 Å². The quantitative estimate of drug-likeness (QED) is 0.779. The average molecular weight is 263 g/mol. The minimum Gasteiger partial charge on any atom is -0.371 e. The van der Waals surface area contributed by atoms with Crippen molar-refractivity contribution in [2.75, 3.05) is 13.2 Å². The van der Waals surface area contributed by atoms with E-state index in [4.69, 9.17) is 9.47 Å². The minimum absolute atomic E-state index is 0.157. The molecule has 0 N–H and O–H groups in total. The van der Waals surface area contributed by atoms with E-state index in [1.165, 1.54) is 5.56 Å². The second kappa shape index (κ2) is 4.09. The molecule has 2 atom stereocenters. The van der Waals surface area contributed by atoms with Gasteiger partial charge >= 0.3 is 0 Å². The molecule has 0 amide bonds. The molecule has 2 heterocycles. The fourth-order valence-electron chi connectivity index (χ4n) is 1.10. The van der Waals surface area contributed by atoms with Gasteiger partial charge in [-0.1, -0.05) is 0 Å². The summed E-state index contributed by atoms with van der Waals surface area (Å²) in [5.74, 6) is 0. The van der Waals surface area contributed by atoms with Gasteiger partial charge in [-0.15, -0.1) is 11.3 Å². The number of halogens is 1. The van der Waals surface area contributed by atoms with Crippen molar-refractivity contribution in [2.45, 2.75) is 19.1 Å². The molecule has 2 nitrogen and oxygen atoms in total. The Balaban J connectivity index is 1.88. The predicted molar refractivity (Wildman–Crippen MR) is 56.1 cm³/mol. The van der Waals surface area contributed by atoms with Crippen LogP contribution in [0.1, 0.15) is 18.6 Å². The molecule has 1 saturated heterocycles. The molecule has 1 unspecified atom stereocenters. The molecule has 1 fully saturated rings. The predicted octanol–water partition coefficient (Wildman–Crippen LogP) is 2.99. The smallest absolute Gasteiger partial charge is 0.104 e. The van der Waals surface area contributed by atoms with E-state index in [0.29, 0.717) is 12.7 Å². The van der Waals surface area contributed by atoms with E-state index in [0.717, 1.165) is 10.4 Å². The number of hydrogen-bond donors (Lipinski definition) is 0. The molecule has 1 aromatic rings. The molecular weight excluding hydrogens is 252 g/mol.